The van der Waals surface area contributed by atoms with E-state index in [4.69, 9.17) is 16.3 Å². The summed E-state index contributed by atoms with van der Waals surface area (Å²) in [7, 11) is 0. The molecule has 1 aliphatic rings. The molecule has 31 heavy (non-hydrogen) atoms. The lowest BCUT2D eigenvalue weighted by atomic mass is 10.0. The summed E-state index contributed by atoms with van der Waals surface area (Å²) in [4.78, 5) is 30.4. The summed E-state index contributed by atoms with van der Waals surface area (Å²) in [5.74, 6) is 0.658. The fourth-order valence-corrected chi connectivity index (χ4v) is 4.39. The molecule has 1 saturated heterocycles. The summed E-state index contributed by atoms with van der Waals surface area (Å²) >= 11 is 6.38. The third-order valence-electron chi connectivity index (χ3n) is 5.60. The number of hydrogen-bond acceptors (Lipinski definition) is 5. The van der Waals surface area contributed by atoms with Crippen LogP contribution in [-0.2, 0) is 16.1 Å². The number of hydrogen-bond donors (Lipinski definition) is 3. The molecule has 8 nitrogen and oxygen atoms in total. The number of carbonyl (C=O) groups is 1. The van der Waals surface area contributed by atoms with Crippen molar-refractivity contribution in [2.24, 2.45) is 0 Å². The van der Waals surface area contributed by atoms with E-state index in [1.165, 1.54) is 0 Å². The maximum Gasteiger partial charge on any atom is 0.244 e. The minimum Gasteiger partial charge on any atom is -0.372 e. The van der Waals surface area contributed by atoms with Crippen molar-refractivity contribution in [3.63, 3.8) is 0 Å². The molecule has 1 aliphatic heterocycles. The standard InChI is InChI=1S/C22H23ClN6O2/c1-22(2)12-29(10-19-25-5-6-26-19)18(11-31-22)21(30)28-16-8-13(23)7-15-14-3-4-24-9-17(14)27-20(15)16/h3-9,18,27H,10-12H2,1-2H3,(H,25,26)(H,28,30)/t18-/m0/s1. The molecule has 4 aromatic rings. The van der Waals surface area contributed by atoms with Gasteiger partial charge in [-0.25, -0.2) is 4.98 Å². The number of amides is 1. The summed E-state index contributed by atoms with van der Waals surface area (Å²) in [6.07, 6.45) is 6.99. The van der Waals surface area contributed by atoms with Crippen molar-refractivity contribution >= 4 is 45.0 Å². The molecule has 0 spiro atoms. The third kappa shape index (κ3) is 3.89. The second kappa shape index (κ2) is 7.64. The number of pyridine rings is 1. The predicted octanol–water partition coefficient (Wildman–Crippen LogP) is 3.71. The van der Waals surface area contributed by atoms with Crippen molar-refractivity contribution in [2.75, 3.05) is 18.5 Å². The molecule has 3 N–H and O–H groups in total. The van der Waals surface area contributed by atoms with E-state index in [1.807, 2.05) is 26.0 Å². The number of aromatic amines is 2. The molecule has 1 amide bonds. The number of H-pyrrole nitrogens is 2. The molecule has 1 aromatic carbocycles. The average molecular weight is 439 g/mol. The number of ether oxygens (including phenoxy) is 1. The Kier molecular flexibility index (Phi) is 4.92. The SMILES string of the molecule is CC1(C)CN(Cc2ncc[nH]2)[C@H](C(=O)Nc2cc(Cl)cc3c2[nH]c2cnccc23)CO1. The summed E-state index contributed by atoms with van der Waals surface area (Å²) < 4.78 is 5.97. The van der Waals surface area contributed by atoms with Gasteiger partial charge in [0.1, 0.15) is 11.9 Å². The van der Waals surface area contributed by atoms with Gasteiger partial charge in [-0.05, 0) is 32.0 Å². The molecule has 0 aliphatic carbocycles. The van der Waals surface area contributed by atoms with Gasteiger partial charge in [-0.1, -0.05) is 11.6 Å². The maximum absolute atomic E-state index is 13.4. The van der Waals surface area contributed by atoms with Crippen molar-refractivity contribution in [1.29, 1.82) is 0 Å². The summed E-state index contributed by atoms with van der Waals surface area (Å²) in [5.41, 5.74) is 1.98. The number of benzene rings is 1. The fourth-order valence-electron chi connectivity index (χ4n) is 4.17. The van der Waals surface area contributed by atoms with Gasteiger partial charge in [0.05, 0.1) is 41.7 Å². The summed E-state index contributed by atoms with van der Waals surface area (Å²) in [6.45, 7) is 5.47. The number of rotatable bonds is 4. The van der Waals surface area contributed by atoms with Gasteiger partial charge in [0.2, 0.25) is 5.91 Å². The van der Waals surface area contributed by atoms with Crippen molar-refractivity contribution in [3.8, 4) is 0 Å². The third-order valence-corrected chi connectivity index (χ3v) is 5.82. The van der Waals surface area contributed by atoms with Crippen LogP contribution in [0.3, 0.4) is 0 Å². The highest BCUT2D eigenvalue weighted by Gasteiger charge is 2.38. The Bertz CT molecular complexity index is 1250. The lowest BCUT2D eigenvalue weighted by Crippen LogP contribution is -2.57. The monoisotopic (exact) mass is 438 g/mol. The second-order valence-corrected chi connectivity index (χ2v) is 8.88. The van der Waals surface area contributed by atoms with Crippen LogP contribution in [0.2, 0.25) is 5.02 Å². The van der Waals surface area contributed by atoms with Gasteiger partial charge < -0.3 is 20.0 Å². The van der Waals surface area contributed by atoms with Crippen LogP contribution in [-0.4, -0.2) is 55.5 Å². The van der Waals surface area contributed by atoms with E-state index >= 15 is 0 Å². The van der Waals surface area contributed by atoms with E-state index in [0.717, 1.165) is 27.6 Å². The molecule has 5 rings (SSSR count). The number of aromatic nitrogens is 4. The molecule has 3 aromatic heterocycles. The lowest BCUT2D eigenvalue weighted by Gasteiger charge is -2.42. The molecule has 160 valence electrons. The normalized spacial score (nSPS) is 19.1. The van der Waals surface area contributed by atoms with Crippen molar-refractivity contribution in [3.05, 3.63) is 53.8 Å². The first kappa shape index (κ1) is 20.0. The van der Waals surface area contributed by atoms with Gasteiger partial charge in [-0.2, -0.15) is 0 Å². The van der Waals surface area contributed by atoms with Crippen LogP contribution < -0.4 is 5.32 Å². The quantitative estimate of drug-likeness (QED) is 0.451. The first-order valence-electron chi connectivity index (χ1n) is 10.1. The van der Waals surface area contributed by atoms with E-state index < -0.39 is 6.04 Å². The zero-order valence-electron chi connectivity index (χ0n) is 17.3. The molecule has 0 unspecified atom stereocenters. The van der Waals surface area contributed by atoms with Gasteiger partial charge >= 0.3 is 0 Å². The summed E-state index contributed by atoms with van der Waals surface area (Å²) in [5, 5.41) is 5.56. The van der Waals surface area contributed by atoms with E-state index in [-0.39, 0.29) is 11.5 Å². The zero-order chi connectivity index (χ0) is 21.6. The summed E-state index contributed by atoms with van der Waals surface area (Å²) in [6, 6.07) is 5.12. The van der Waals surface area contributed by atoms with Crippen molar-refractivity contribution in [1.82, 2.24) is 24.8 Å². The Morgan fingerprint density at radius 1 is 1.35 bits per heavy atom. The number of carbonyl (C=O) groups excluding carboxylic acids is 1. The Balaban J connectivity index is 1.46. The minimum absolute atomic E-state index is 0.151. The molecular formula is C22H23ClN6O2. The topological polar surface area (TPSA) is 98.9 Å². The number of nitrogens with one attached hydrogen (secondary N) is 3. The molecule has 4 heterocycles. The van der Waals surface area contributed by atoms with E-state index in [9.17, 15) is 4.79 Å². The van der Waals surface area contributed by atoms with Crippen molar-refractivity contribution < 1.29 is 9.53 Å². The molecular weight excluding hydrogens is 416 g/mol. The highest BCUT2D eigenvalue weighted by Crippen LogP contribution is 2.33. The van der Waals surface area contributed by atoms with E-state index in [1.54, 1.807) is 30.9 Å². The molecule has 0 radical (unpaired) electrons. The number of anilines is 1. The highest BCUT2D eigenvalue weighted by molar-refractivity contribution is 6.33. The number of nitrogens with zero attached hydrogens (tertiary/aromatic N) is 3. The van der Waals surface area contributed by atoms with Crippen LogP contribution in [0, 0.1) is 0 Å². The van der Waals surface area contributed by atoms with Crippen LogP contribution in [0.25, 0.3) is 21.8 Å². The first-order chi connectivity index (χ1) is 14.9. The van der Waals surface area contributed by atoms with Gasteiger partial charge in [-0.15, -0.1) is 0 Å². The minimum atomic E-state index is -0.460. The lowest BCUT2D eigenvalue weighted by molar-refractivity contribution is -0.144. The smallest absolute Gasteiger partial charge is 0.244 e. The second-order valence-electron chi connectivity index (χ2n) is 8.44. The first-order valence-corrected chi connectivity index (χ1v) is 10.5. The maximum atomic E-state index is 13.4. The highest BCUT2D eigenvalue weighted by atomic mass is 35.5. The van der Waals surface area contributed by atoms with Gasteiger partial charge in [0.15, 0.2) is 0 Å². The Morgan fingerprint density at radius 2 is 2.23 bits per heavy atom. The molecule has 0 saturated carbocycles. The zero-order valence-corrected chi connectivity index (χ0v) is 18.0. The Labute approximate surface area is 184 Å². The molecule has 1 fully saturated rings. The van der Waals surface area contributed by atoms with Crippen LogP contribution in [0.4, 0.5) is 5.69 Å². The van der Waals surface area contributed by atoms with E-state index in [0.29, 0.717) is 30.4 Å². The Hall–Kier alpha value is -2.94. The predicted molar refractivity (Wildman–Crippen MR) is 120 cm³/mol. The molecule has 1 atom stereocenters. The number of imidazole rings is 1. The van der Waals surface area contributed by atoms with Gasteiger partial charge in [0.25, 0.3) is 0 Å². The average Bonchev–Trinajstić information content (AvgIpc) is 3.35. The van der Waals surface area contributed by atoms with Crippen LogP contribution in [0.5, 0.6) is 0 Å². The number of morpholine rings is 1. The van der Waals surface area contributed by atoms with Crippen LogP contribution in [0.15, 0.2) is 43.0 Å². The number of halogens is 1. The molecule has 0 bridgehead atoms. The largest absolute Gasteiger partial charge is 0.372 e. The van der Waals surface area contributed by atoms with E-state index in [2.05, 4.69) is 30.2 Å². The van der Waals surface area contributed by atoms with Crippen LogP contribution >= 0.6 is 11.6 Å². The number of fused-ring (bicyclic) bond motifs is 3. The molecule has 9 heteroatoms. The Morgan fingerprint density at radius 3 is 3.03 bits per heavy atom. The van der Waals surface area contributed by atoms with Crippen molar-refractivity contribution in [2.45, 2.75) is 32.0 Å². The van der Waals surface area contributed by atoms with Crippen LogP contribution in [0.1, 0.15) is 19.7 Å². The fraction of sp³-hybridized carbons (Fsp3) is 0.318. The van der Waals surface area contributed by atoms with Gasteiger partial charge in [0, 0.05) is 40.9 Å². The van der Waals surface area contributed by atoms with Gasteiger partial charge in [-0.3, -0.25) is 14.7 Å².